The maximum atomic E-state index is 10.5. The highest BCUT2D eigenvalue weighted by Gasteiger charge is 2.36. The van der Waals surface area contributed by atoms with E-state index in [1.807, 2.05) is 0 Å². The fourth-order valence-corrected chi connectivity index (χ4v) is 1.39. The Morgan fingerprint density at radius 3 is 3.00 bits per heavy atom. The van der Waals surface area contributed by atoms with Crippen LogP contribution in [0.4, 0.5) is 0 Å². The Labute approximate surface area is 60.8 Å². The first-order chi connectivity index (χ1) is 4.74. The summed E-state index contributed by atoms with van der Waals surface area (Å²) in [6, 6.07) is 0. The lowest BCUT2D eigenvalue weighted by molar-refractivity contribution is -0.131. The topological polar surface area (TPSA) is 55.8 Å². The number of hydrogen-bond donors (Lipinski definition) is 1. The van der Waals surface area contributed by atoms with Gasteiger partial charge >= 0.3 is 8.03 Å². The molecule has 1 saturated heterocycles. The zero-order valence-electron chi connectivity index (χ0n) is 5.27. The number of rotatable bonds is 1. The predicted molar refractivity (Wildman–Crippen MR) is 35.0 cm³/mol. The molecule has 3 atom stereocenters. The minimum absolute atomic E-state index is 0.0221. The van der Waals surface area contributed by atoms with Gasteiger partial charge in [-0.25, -0.2) is 0 Å². The predicted octanol–water partition coefficient (Wildman–Crippen LogP) is 0.00690. The highest BCUT2D eigenvalue weighted by molar-refractivity contribution is 7.38. The second kappa shape index (κ2) is 3.44. The van der Waals surface area contributed by atoms with Gasteiger partial charge in [-0.1, -0.05) is 6.32 Å². The van der Waals surface area contributed by atoms with Gasteiger partial charge in [-0.2, -0.15) is 0 Å². The molecule has 54 valence electrons. The Hall–Kier alpha value is 0.0449. The van der Waals surface area contributed by atoms with Gasteiger partial charge in [0, 0.05) is 0 Å². The monoisotopic (exact) mass is 161 g/mol. The molecule has 0 saturated carbocycles. The van der Waals surface area contributed by atoms with Crippen LogP contribution in [0.5, 0.6) is 0 Å². The molecule has 2 unspecified atom stereocenters. The molecule has 4 nitrogen and oxygen atoms in total. The minimum atomic E-state index is -1.84. The van der Waals surface area contributed by atoms with Crippen molar-refractivity contribution in [2.75, 3.05) is 6.35 Å². The van der Waals surface area contributed by atoms with Crippen molar-refractivity contribution in [3.8, 4) is 0 Å². The van der Waals surface area contributed by atoms with Crippen molar-refractivity contribution in [3.63, 3.8) is 0 Å². The third kappa shape index (κ3) is 1.76. The standard InChI is InChI=1S/C4H7BO4P/c5-1-3-4(6)9-10(7)2-8-3/h3-4,6H,1-2H2/q+1/t3-,4?/m0/s1. The molecule has 2 radical (unpaired) electrons. The fraction of sp³-hybridized carbons (Fsp3) is 1.00. The van der Waals surface area contributed by atoms with Crippen LogP contribution in [-0.2, 0) is 13.8 Å². The van der Waals surface area contributed by atoms with Gasteiger partial charge in [-0.3, -0.25) is 0 Å². The molecule has 0 aromatic rings. The van der Waals surface area contributed by atoms with E-state index in [1.54, 1.807) is 0 Å². The Morgan fingerprint density at radius 1 is 1.80 bits per heavy atom. The maximum Gasteiger partial charge on any atom is 0.539 e. The normalized spacial score (nSPS) is 37.9. The maximum absolute atomic E-state index is 10.5. The molecule has 1 rings (SSSR count). The fourth-order valence-electron chi connectivity index (χ4n) is 0.642. The third-order valence-electron chi connectivity index (χ3n) is 1.17. The van der Waals surface area contributed by atoms with Crippen molar-refractivity contribution >= 4 is 15.9 Å². The number of aliphatic hydroxyl groups excluding tert-OH is 1. The molecule has 0 spiro atoms. The lowest BCUT2D eigenvalue weighted by Gasteiger charge is -2.18. The van der Waals surface area contributed by atoms with Crippen molar-refractivity contribution in [1.82, 2.24) is 0 Å². The summed E-state index contributed by atoms with van der Waals surface area (Å²) in [4.78, 5) is 0. The highest BCUT2D eigenvalue weighted by atomic mass is 31.1. The van der Waals surface area contributed by atoms with E-state index in [9.17, 15) is 4.57 Å². The summed E-state index contributed by atoms with van der Waals surface area (Å²) in [7, 11) is 3.34. The van der Waals surface area contributed by atoms with Crippen LogP contribution in [0.3, 0.4) is 0 Å². The average Bonchev–Trinajstić information content (AvgIpc) is 1.88. The molecule has 1 fully saturated rings. The van der Waals surface area contributed by atoms with E-state index in [2.05, 4.69) is 4.52 Å². The first kappa shape index (κ1) is 8.14. The van der Waals surface area contributed by atoms with E-state index in [4.69, 9.17) is 17.7 Å². The summed E-state index contributed by atoms with van der Waals surface area (Å²) in [5.41, 5.74) is 0. The molecule has 6 heteroatoms. The molecule has 1 heterocycles. The molecule has 0 aliphatic carbocycles. The van der Waals surface area contributed by atoms with Gasteiger partial charge in [0.05, 0.1) is 7.85 Å². The molecule has 0 aromatic carbocycles. The van der Waals surface area contributed by atoms with Gasteiger partial charge < -0.3 is 9.84 Å². The van der Waals surface area contributed by atoms with E-state index in [0.717, 1.165) is 0 Å². The van der Waals surface area contributed by atoms with Gasteiger partial charge in [0.2, 0.25) is 6.29 Å². The largest absolute Gasteiger partial charge is 0.539 e. The van der Waals surface area contributed by atoms with Crippen LogP contribution in [0.2, 0.25) is 6.32 Å². The van der Waals surface area contributed by atoms with E-state index >= 15 is 0 Å². The molecule has 1 aliphatic heterocycles. The van der Waals surface area contributed by atoms with Crippen LogP contribution >= 0.6 is 8.03 Å². The van der Waals surface area contributed by atoms with Gasteiger partial charge in [0.25, 0.3) is 6.35 Å². The van der Waals surface area contributed by atoms with E-state index < -0.39 is 20.4 Å². The second-order valence-corrected chi connectivity index (χ2v) is 3.03. The number of ether oxygens (including phenoxy) is 1. The summed E-state index contributed by atoms with van der Waals surface area (Å²) < 4.78 is 20.0. The molecule has 1 N–H and O–H groups in total. The van der Waals surface area contributed by atoms with Gasteiger partial charge in [-0.05, 0) is 4.57 Å². The SMILES string of the molecule is [B]C[C@@H]1OC[P+](=O)OC1O. The van der Waals surface area contributed by atoms with Crippen LogP contribution in [0.25, 0.3) is 0 Å². The van der Waals surface area contributed by atoms with Crippen LogP contribution in [0.15, 0.2) is 0 Å². The summed E-state index contributed by atoms with van der Waals surface area (Å²) in [5.74, 6) is 0. The third-order valence-corrected chi connectivity index (χ3v) is 1.98. The van der Waals surface area contributed by atoms with Gasteiger partial charge in [0.15, 0.2) is 0 Å². The number of hydrogen-bond acceptors (Lipinski definition) is 4. The van der Waals surface area contributed by atoms with Crippen molar-refractivity contribution in [2.45, 2.75) is 18.7 Å². The molecular weight excluding hydrogens is 154 g/mol. The molecule has 1 aliphatic rings. The van der Waals surface area contributed by atoms with Crippen LogP contribution < -0.4 is 0 Å². The average molecular weight is 161 g/mol. The molecule has 0 aromatic heterocycles. The highest BCUT2D eigenvalue weighted by Crippen LogP contribution is 2.31. The van der Waals surface area contributed by atoms with E-state index in [-0.39, 0.29) is 12.7 Å². The van der Waals surface area contributed by atoms with Crippen LogP contribution in [-0.4, -0.2) is 31.7 Å². The Bertz CT molecular complexity index is 141. The van der Waals surface area contributed by atoms with Crippen molar-refractivity contribution in [3.05, 3.63) is 0 Å². The van der Waals surface area contributed by atoms with Crippen molar-refractivity contribution in [2.24, 2.45) is 0 Å². The zero-order valence-corrected chi connectivity index (χ0v) is 6.16. The second-order valence-electron chi connectivity index (χ2n) is 1.90. The first-order valence-corrected chi connectivity index (χ1v) is 4.21. The minimum Gasteiger partial charge on any atom is -0.362 e. The van der Waals surface area contributed by atoms with Crippen LogP contribution in [0.1, 0.15) is 0 Å². The molecule has 0 bridgehead atoms. The quantitative estimate of drug-likeness (QED) is 0.434. The smallest absolute Gasteiger partial charge is 0.362 e. The molecule has 0 amide bonds. The van der Waals surface area contributed by atoms with Gasteiger partial charge in [0.1, 0.15) is 6.10 Å². The van der Waals surface area contributed by atoms with E-state index in [1.165, 1.54) is 0 Å². The van der Waals surface area contributed by atoms with Crippen LogP contribution in [0, 0.1) is 0 Å². The van der Waals surface area contributed by atoms with Crippen molar-refractivity contribution in [1.29, 1.82) is 0 Å². The lowest BCUT2D eigenvalue weighted by atomic mass is 9.99. The lowest BCUT2D eigenvalue weighted by Crippen LogP contribution is -2.33. The van der Waals surface area contributed by atoms with E-state index in [0.29, 0.717) is 0 Å². The summed E-state index contributed by atoms with van der Waals surface area (Å²) in [6.45, 7) is 0. The summed E-state index contributed by atoms with van der Waals surface area (Å²) >= 11 is 0. The van der Waals surface area contributed by atoms with Gasteiger partial charge in [-0.15, -0.1) is 4.52 Å². The summed E-state index contributed by atoms with van der Waals surface area (Å²) in [6.07, 6.45) is -1.48. The number of aliphatic hydroxyl groups is 1. The molecular formula is C4H7BO4P+. The Morgan fingerprint density at radius 2 is 2.50 bits per heavy atom. The zero-order chi connectivity index (χ0) is 7.56. The first-order valence-electron chi connectivity index (χ1n) is 2.85. The van der Waals surface area contributed by atoms with Crippen molar-refractivity contribution < 1.29 is 18.9 Å². The Balaban J connectivity index is 2.43. The summed E-state index contributed by atoms with van der Waals surface area (Å²) in [5, 5.41) is 8.93. The molecule has 10 heavy (non-hydrogen) atoms. The Kier molecular flexibility index (Phi) is 2.80.